The van der Waals surface area contributed by atoms with Crippen LogP contribution in [-0.2, 0) is 0 Å². The van der Waals surface area contributed by atoms with E-state index < -0.39 is 8.45 Å². The van der Waals surface area contributed by atoms with Gasteiger partial charge in [-0.25, -0.2) is 4.67 Å². The highest BCUT2D eigenvalue weighted by Crippen LogP contribution is 2.56. The van der Waals surface area contributed by atoms with Crippen LogP contribution >= 0.6 is 8.45 Å². The summed E-state index contributed by atoms with van der Waals surface area (Å²) in [6.07, 6.45) is 0. The van der Waals surface area contributed by atoms with E-state index in [2.05, 4.69) is 42.4 Å². The average Bonchev–Trinajstić information content (AvgIpc) is 2.60. The van der Waals surface area contributed by atoms with Crippen LogP contribution in [0.3, 0.4) is 0 Å². The lowest BCUT2D eigenvalue weighted by Gasteiger charge is -2.28. The molecule has 1 aromatic carbocycles. The van der Waals surface area contributed by atoms with Crippen molar-refractivity contribution in [2.75, 3.05) is 24.8 Å². The van der Waals surface area contributed by atoms with Crippen LogP contribution in [0, 0.1) is 0 Å². The molecule has 82 valence electrons. The Hall–Kier alpha value is -0.790. The number of benzene rings is 1. The first-order chi connectivity index (χ1) is 7.27. The lowest BCUT2D eigenvalue weighted by molar-refractivity contribution is 0.453. The van der Waals surface area contributed by atoms with Crippen LogP contribution in [0.15, 0.2) is 24.3 Å². The van der Waals surface area contributed by atoms with E-state index in [0.717, 1.165) is 18.8 Å². The Kier molecular flexibility index (Phi) is 3.13. The van der Waals surface area contributed by atoms with Crippen LogP contribution in [0.2, 0.25) is 0 Å². The number of para-hydroxylation sites is 2. The van der Waals surface area contributed by atoms with Gasteiger partial charge in [0, 0.05) is 20.1 Å². The van der Waals surface area contributed by atoms with Crippen LogP contribution in [0.4, 0.5) is 5.69 Å². The Morgan fingerprint density at radius 2 is 1.93 bits per heavy atom. The van der Waals surface area contributed by atoms with Crippen LogP contribution in [-0.4, -0.2) is 24.8 Å². The number of nitrogens with zero attached hydrogens (tertiary/aromatic N) is 2. The molecule has 1 aliphatic heterocycles. The molecular formula is C11H17N2OP. The van der Waals surface area contributed by atoms with Crippen LogP contribution in [0.5, 0.6) is 5.75 Å². The van der Waals surface area contributed by atoms with Gasteiger partial charge >= 0.3 is 0 Å². The molecule has 0 fully saturated rings. The molecule has 4 heteroatoms. The minimum absolute atomic E-state index is 0.630. The third kappa shape index (κ3) is 1.82. The number of anilines is 1. The molecule has 1 unspecified atom stereocenters. The van der Waals surface area contributed by atoms with Gasteiger partial charge < -0.3 is 9.19 Å². The second kappa shape index (κ2) is 4.38. The summed E-state index contributed by atoms with van der Waals surface area (Å²) in [5.41, 5.74) is 1.20. The number of rotatable bonds is 3. The monoisotopic (exact) mass is 224 g/mol. The fourth-order valence-electron chi connectivity index (χ4n) is 1.76. The van der Waals surface area contributed by atoms with Crippen molar-refractivity contribution in [3.05, 3.63) is 24.3 Å². The summed E-state index contributed by atoms with van der Waals surface area (Å²) in [5.74, 6) is 1.01. The molecule has 1 aliphatic rings. The summed E-state index contributed by atoms with van der Waals surface area (Å²) in [6.45, 7) is 6.40. The first-order valence-electron chi connectivity index (χ1n) is 5.33. The number of hydrogen-bond acceptors (Lipinski definition) is 3. The second-order valence-electron chi connectivity index (χ2n) is 3.47. The summed E-state index contributed by atoms with van der Waals surface area (Å²) < 4.78 is 10.6. The maximum atomic E-state index is 5.98. The molecule has 1 heterocycles. The molecule has 0 saturated carbocycles. The molecule has 0 aliphatic carbocycles. The third-order valence-corrected chi connectivity index (χ3v) is 4.76. The van der Waals surface area contributed by atoms with Crippen LogP contribution in [0.25, 0.3) is 0 Å². The summed E-state index contributed by atoms with van der Waals surface area (Å²) in [6, 6.07) is 8.23. The molecule has 1 aromatic rings. The van der Waals surface area contributed by atoms with Gasteiger partial charge in [-0.2, -0.15) is 0 Å². The summed E-state index contributed by atoms with van der Waals surface area (Å²) in [4.78, 5) is 0. The molecule has 0 radical (unpaired) electrons. The van der Waals surface area contributed by atoms with Crippen molar-refractivity contribution in [3.8, 4) is 5.75 Å². The molecule has 2 rings (SSSR count). The predicted octanol–water partition coefficient (Wildman–Crippen LogP) is 3.08. The largest absolute Gasteiger partial charge is 0.438 e. The fourth-order valence-corrected chi connectivity index (χ4v) is 3.54. The zero-order valence-electron chi connectivity index (χ0n) is 9.47. The highest BCUT2D eigenvalue weighted by atomic mass is 31.2. The number of hydrogen-bond donors (Lipinski definition) is 0. The second-order valence-corrected chi connectivity index (χ2v) is 5.33. The molecular weight excluding hydrogens is 207 g/mol. The molecule has 0 spiro atoms. The topological polar surface area (TPSA) is 15.7 Å². The highest BCUT2D eigenvalue weighted by molar-refractivity contribution is 7.52. The number of fused-ring (bicyclic) bond motifs is 1. The van der Waals surface area contributed by atoms with E-state index in [1.807, 2.05) is 12.1 Å². The maximum absolute atomic E-state index is 5.98. The molecule has 0 aromatic heterocycles. The van der Waals surface area contributed by atoms with E-state index in [4.69, 9.17) is 4.52 Å². The first kappa shape index (κ1) is 10.7. The van der Waals surface area contributed by atoms with E-state index in [1.54, 1.807) is 0 Å². The first-order valence-corrected chi connectivity index (χ1v) is 6.50. The third-order valence-electron chi connectivity index (χ3n) is 2.62. The van der Waals surface area contributed by atoms with E-state index in [1.165, 1.54) is 5.69 Å². The van der Waals surface area contributed by atoms with Crippen molar-refractivity contribution in [3.63, 3.8) is 0 Å². The van der Waals surface area contributed by atoms with E-state index >= 15 is 0 Å². The van der Waals surface area contributed by atoms with Crippen molar-refractivity contribution in [1.82, 2.24) is 4.67 Å². The molecule has 0 N–H and O–H groups in total. The van der Waals surface area contributed by atoms with Gasteiger partial charge in [0.2, 0.25) is 0 Å². The van der Waals surface area contributed by atoms with Crippen LogP contribution in [0.1, 0.15) is 13.8 Å². The van der Waals surface area contributed by atoms with E-state index in [9.17, 15) is 0 Å². The Bertz CT molecular complexity index is 341. The lowest BCUT2D eigenvalue weighted by atomic mass is 10.3. The average molecular weight is 224 g/mol. The lowest BCUT2D eigenvalue weighted by Crippen LogP contribution is -2.25. The Morgan fingerprint density at radius 1 is 1.27 bits per heavy atom. The van der Waals surface area contributed by atoms with Gasteiger partial charge in [-0.05, 0) is 12.1 Å². The molecule has 0 bridgehead atoms. The van der Waals surface area contributed by atoms with Gasteiger partial charge in [0.25, 0.3) is 8.45 Å². The standard InChI is InChI=1S/C11H17N2OP/c1-4-13(5-2)15-12(3)10-8-6-7-9-11(10)14-15/h6-9H,4-5H2,1-3H3. The van der Waals surface area contributed by atoms with Crippen LogP contribution < -0.4 is 9.19 Å². The van der Waals surface area contributed by atoms with Gasteiger partial charge in [0.15, 0.2) is 5.75 Å². The predicted molar refractivity (Wildman–Crippen MR) is 65.3 cm³/mol. The van der Waals surface area contributed by atoms with Gasteiger partial charge in [0.05, 0.1) is 5.69 Å². The minimum atomic E-state index is -0.630. The fraction of sp³-hybridized carbons (Fsp3) is 0.455. The summed E-state index contributed by atoms with van der Waals surface area (Å²) in [7, 11) is 1.48. The smallest absolute Gasteiger partial charge is 0.278 e. The van der Waals surface area contributed by atoms with Crippen molar-refractivity contribution in [1.29, 1.82) is 0 Å². The van der Waals surface area contributed by atoms with Crippen molar-refractivity contribution in [2.45, 2.75) is 13.8 Å². The van der Waals surface area contributed by atoms with Crippen molar-refractivity contribution < 1.29 is 4.52 Å². The SMILES string of the molecule is CCN(CC)P1Oc2ccccc2N1C. The van der Waals surface area contributed by atoms with Gasteiger partial charge in [-0.15, -0.1) is 0 Å². The normalized spacial score (nSPS) is 19.2. The molecule has 1 atom stereocenters. The summed E-state index contributed by atoms with van der Waals surface area (Å²) >= 11 is 0. The quantitative estimate of drug-likeness (QED) is 0.734. The van der Waals surface area contributed by atoms with E-state index in [-0.39, 0.29) is 0 Å². The van der Waals surface area contributed by atoms with E-state index in [0.29, 0.717) is 0 Å². The highest BCUT2D eigenvalue weighted by Gasteiger charge is 2.32. The van der Waals surface area contributed by atoms with Crippen molar-refractivity contribution in [2.24, 2.45) is 0 Å². The maximum Gasteiger partial charge on any atom is 0.278 e. The molecule has 0 amide bonds. The Morgan fingerprint density at radius 3 is 2.53 bits per heavy atom. The Labute approximate surface area is 92.6 Å². The Balaban J connectivity index is 2.22. The minimum Gasteiger partial charge on any atom is -0.438 e. The van der Waals surface area contributed by atoms with Gasteiger partial charge in [-0.3, -0.25) is 0 Å². The van der Waals surface area contributed by atoms with Crippen molar-refractivity contribution >= 4 is 14.1 Å². The zero-order chi connectivity index (χ0) is 10.8. The zero-order valence-corrected chi connectivity index (χ0v) is 10.4. The molecule has 0 saturated heterocycles. The van der Waals surface area contributed by atoms with Gasteiger partial charge in [-0.1, -0.05) is 26.0 Å². The summed E-state index contributed by atoms with van der Waals surface area (Å²) in [5, 5.41) is 0. The molecule has 3 nitrogen and oxygen atoms in total. The van der Waals surface area contributed by atoms with Gasteiger partial charge in [0.1, 0.15) is 0 Å². The molecule has 15 heavy (non-hydrogen) atoms.